The molecule has 4 rings (SSSR count). The van der Waals surface area contributed by atoms with Gasteiger partial charge in [-0.05, 0) is 60.7 Å². The second-order valence-electron chi connectivity index (χ2n) is 6.62. The maximum Gasteiger partial charge on any atom is 0.276 e. The van der Waals surface area contributed by atoms with Gasteiger partial charge in [-0.1, -0.05) is 0 Å². The zero-order valence-corrected chi connectivity index (χ0v) is 17.7. The highest BCUT2D eigenvalue weighted by Gasteiger charge is 2.16. The molecule has 0 atom stereocenters. The number of anilines is 2. The third-order valence-electron chi connectivity index (χ3n) is 4.26. The average molecular weight is 468 g/mol. The number of benzene rings is 2. The molecular formula is C21H17FN6O4S. The number of aromatic nitrogens is 4. The predicted molar refractivity (Wildman–Crippen MR) is 116 cm³/mol. The van der Waals surface area contributed by atoms with Crippen LogP contribution in [0.4, 0.5) is 16.0 Å². The molecule has 4 aromatic rings. The Morgan fingerprint density at radius 1 is 1.00 bits per heavy atom. The van der Waals surface area contributed by atoms with Crippen LogP contribution in [0.3, 0.4) is 0 Å². The van der Waals surface area contributed by atoms with E-state index >= 15 is 0 Å². The van der Waals surface area contributed by atoms with Gasteiger partial charge in [-0.3, -0.25) is 4.79 Å². The smallest absolute Gasteiger partial charge is 0.276 e. The van der Waals surface area contributed by atoms with Crippen molar-refractivity contribution < 1.29 is 22.3 Å². The molecule has 0 aliphatic carbocycles. The second-order valence-corrected chi connectivity index (χ2v) is 8.31. The first kappa shape index (κ1) is 21.9. The largest absolute Gasteiger partial charge is 0.471 e. The fourth-order valence-electron chi connectivity index (χ4n) is 2.67. The normalized spacial score (nSPS) is 11.1. The number of amides is 1. The van der Waals surface area contributed by atoms with Crippen molar-refractivity contribution in [2.75, 3.05) is 10.0 Å². The van der Waals surface area contributed by atoms with Crippen LogP contribution in [0.2, 0.25) is 0 Å². The summed E-state index contributed by atoms with van der Waals surface area (Å²) in [6, 6.07) is 14.2. The Morgan fingerprint density at radius 2 is 1.70 bits per heavy atom. The highest BCUT2D eigenvalue weighted by molar-refractivity contribution is 7.92. The summed E-state index contributed by atoms with van der Waals surface area (Å²) in [4.78, 5) is 20.1. The van der Waals surface area contributed by atoms with Crippen LogP contribution in [0.5, 0.6) is 5.75 Å². The van der Waals surface area contributed by atoms with Gasteiger partial charge in [0.05, 0.1) is 4.90 Å². The Labute approximate surface area is 188 Å². The van der Waals surface area contributed by atoms with Gasteiger partial charge in [-0.2, -0.15) is 5.10 Å². The number of nitrogens with one attached hydrogen (secondary N) is 2. The number of rotatable bonds is 8. The Kier molecular flexibility index (Phi) is 6.26. The van der Waals surface area contributed by atoms with E-state index in [2.05, 4.69) is 25.1 Å². The molecule has 0 fully saturated rings. The van der Waals surface area contributed by atoms with Crippen LogP contribution in [0.15, 0.2) is 84.1 Å². The minimum Gasteiger partial charge on any atom is -0.471 e. The van der Waals surface area contributed by atoms with E-state index in [1.807, 2.05) is 0 Å². The van der Waals surface area contributed by atoms with Crippen LogP contribution < -0.4 is 14.8 Å². The quantitative estimate of drug-likeness (QED) is 0.407. The Morgan fingerprint density at radius 3 is 2.39 bits per heavy atom. The number of hydrogen-bond acceptors (Lipinski definition) is 7. The molecule has 1 amide bonds. The molecular weight excluding hydrogens is 451 g/mol. The first-order valence-corrected chi connectivity index (χ1v) is 11.0. The van der Waals surface area contributed by atoms with Crippen LogP contribution in [0.1, 0.15) is 10.5 Å². The molecule has 0 radical (unpaired) electrons. The van der Waals surface area contributed by atoms with Crippen LogP contribution in [0, 0.1) is 5.82 Å². The van der Waals surface area contributed by atoms with E-state index in [1.54, 1.807) is 12.3 Å². The van der Waals surface area contributed by atoms with E-state index in [9.17, 15) is 17.6 Å². The molecule has 0 aliphatic heterocycles. The van der Waals surface area contributed by atoms with Crippen LogP contribution in [0.25, 0.3) is 0 Å². The zero-order chi connectivity index (χ0) is 23.3. The van der Waals surface area contributed by atoms with Crippen molar-refractivity contribution in [3.63, 3.8) is 0 Å². The molecule has 0 unspecified atom stereocenters. The van der Waals surface area contributed by atoms with E-state index in [1.165, 1.54) is 71.7 Å². The maximum atomic E-state index is 12.9. The standard InChI is InChI=1S/C21H17FN6O4S/c22-15-2-6-17(7-3-15)32-14-28-13-10-19(26-28)20(29)25-16-4-8-18(9-5-16)33(30,31)27-21-23-11-1-12-24-21/h1-13H,14H2,(H,25,29)(H,23,24,27). The van der Waals surface area contributed by atoms with E-state index in [-0.39, 0.29) is 29.1 Å². The minimum absolute atomic E-state index is 0.0184. The number of carbonyl (C=O) groups excluding carboxylic acids is 1. The minimum atomic E-state index is -3.88. The van der Waals surface area contributed by atoms with E-state index in [0.29, 0.717) is 11.4 Å². The first-order chi connectivity index (χ1) is 15.9. The molecule has 0 bridgehead atoms. The molecule has 33 heavy (non-hydrogen) atoms. The number of ether oxygens (including phenoxy) is 1. The number of halogens is 1. The fraction of sp³-hybridized carbons (Fsp3) is 0.0476. The lowest BCUT2D eigenvalue weighted by molar-refractivity contribution is 0.102. The lowest BCUT2D eigenvalue weighted by atomic mass is 10.3. The molecule has 0 spiro atoms. The van der Waals surface area contributed by atoms with Gasteiger partial charge in [-0.15, -0.1) is 0 Å². The zero-order valence-electron chi connectivity index (χ0n) is 16.9. The summed E-state index contributed by atoms with van der Waals surface area (Å²) < 4.78 is 46.9. The Balaban J connectivity index is 1.35. The SMILES string of the molecule is O=C(Nc1ccc(S(=O)(=O)Nc2ncccn2)cc1)c1ccn(COc2ccc(F)cc2)n1. The second kappa shape index (κ2) is 9.44. The molecule has 0 saturated heterocycles. The van der Waals surface area contributed by atoms with Crippen LogP contribution in [-0.4, -0.2) is 34.1 Å². The molecule has 0 aliphatic rings. The highest BCUT2D eigenvalue weighted by atomic mass is 32.2. The predicted octanol–water partition coefficient (Wildman–Crippen LogP) is 2.90. The molecule has 2 N–H and O–H groups in total. The van der Waals surface area contributed by atoms with E-state index in [4.69, 9.17) is 4.74 Å². The summed E-state index contributed by atoms with van der Waals surface area (Å²) in [5.41, 5.74) is 0.518. The van der Waals surface area contributed by atoms with Gasteiger partial charge in [0, 0.05) is 24.3 Å². The van der Waals surface area contributed by atoms with Crippen molar-refractivity contribution in [2.45, 2.75) is 11.6 Å². The van der Waals surface area contributed by atoms with Crippen molar-refractivity contribution in [1.82, 2.24) is 19.7 Å². The molecule has 2 heterocycles. The maximum absolute atomic E-state index is 12.9. The lowest BCUT2D eigenvalue weighted by Crippen LogP contribution is -2.16. The van der Waals surface area contributed by atoms with Gasteiger partial charge in [0.2, 0.25) is 5.95 Å². The van der Waals surface area contributed by atoms with Crippen LogP contribution >= 0.6 is 0 Å². The lowest BCUT2D eigenvalue weighted by Gasteiger charge is -2.08. The van der Waals surface area contributed by atoms with Crippen molar-refractivity contribution in [3.05, 3.63) is 90.8 Å². The fourth-order valence-corrected chi connectivity index (χ4v) is 3.63. The van der Waals surface area contributed by atoms with E-state index < -0.39 is 15.9 Å². The Bertz CT molecular complexity index is 1340. The third kappa shape index (κ3) is 5.68. The summed E-state index contributed by atoms with van der Waals surface area (Å²) in [7, 11) is -3.88. The molecule has 2 aromatic carbocycles. The molecule has 168 valence electrons. The number of nitrogens with zero attached hydrogens (tertiary/aromatic N) is 4. The van der Waals surface area contributed by atoms with Gasteiger partial charge in [0.25, 0.3) is 15.9 Å². The average Bonchev–Trinajstić information content (AvgIpc) is 3.29. The van der Waals surface area contributed by atoms with Gasteiger partial charge in [0.1, 0.15) is 11.6 Å². The van der Waals surface area contributed by atoms with Crippen molar-refractivity contribution >= 4 is 27.6 Å². The summed E-state index contributed by atoms with van der Waals surface area (Å²) in [5, 5.41) is 6.77. The van der Waals surface area contributed by atoms with Crippen molar-refractivity contribution in [3.8, 4) is 5.75 Å². The monoisotopic (exact) mass is 468 g/mol. The summed E-state index contributed by atoms with van der Waals surface area (Å²) >= 11 is 0. The van der Waals surface area contributed by atoms with Crippen LogP contribution in [-0.2, 0) is 16.8 Å². The third-order valence-corrected chi connectivity index (χ3v) is 5.61. The van der Waals surface area contributed by atoms with Crippen molar-refractivity contribution in [1.29, 1.82) is 0 Å². The Hall–Kier alpha value is -4.32. The van der Waals surface area contributed by atoms with Gasteiger partial charge >= 0.3 is 0 Å². The molecule has 12 heteroatoms. The van der Waals surface area contributed by atoms with Gasteiger partial charge in [0.15, 0.2) is 12.4 Å². The number of carbonyl (C=O) groups is 1. The summed E-state index contributed by atoms with van der Waals surface area (Å²) in [6.07, 6.45) is 4.39. The first-order valence-electron chi connectivity index (χ1n) is 9.52. The summed E-state index contributed by atoms with van der Waals surface area (Å²) in [6.45, 7) is 0.0313. The molecule has 10 nitrogen and oxygen atoms in total. The molecule has 0 saturated carbocycles. The van der Waals surface area contributed by atoms with Crippen molar-refractivity contribution in [2.24, 2.45) is 0 Å². The molecule has 2 aromatic heterocycles. The van der Waals surface area contributed by atoms with Gasteiger partial charge in [-0.25, -0.2) is 32.2 Å². The highest BCUT2D eigenvalue weighted by Crippen LogP contribution is 2.17. The van der Waals surface area contributed by atoms with Gasteiger partial charge < -0.3 is 10.1 Å². The van der Waals surface area contributed by atoms with E-state index in [0.717, 1.165) is 0 Å². The summed E-state index contributed by atoms with van der Waals surface area (Å²) in [5.74, 6) is -0.440. The number of sulfonamides is 1. The number of hydrogen-bond donors (Lipinski definition) is 2. The topological polar surface area (TPSA) is 128 Å².